The monoisotopic (exact) mass is 505 g/mol. The molecule has 4 rings (SSSR count). The molecule has 1 aromatic carbocycles. The molecule has 2 aliphatic heterocycles. The maximum Gasteiger partial charge on any atom is 0.433 e. The first-order chi connectivity index (χ1) is 16.9. The molecule has 196 valence electrons. The number of benzene rings is 1. The number of piperazine rings is 1. The summed E-state index contributed by atoms with van der Waals surface area (Å²) in [5.41, 5.74) is 0.432. The van der Waals surface area contributed by atoms with Crippen molar-refractivity contribution < 1.29 is 22.7 Å². The van der Waals surface area contributed by atoms with Crippen LogP contribution in [0.5, 0.6) is 5.75 Å². The van der Waals surface area contributed by atoms with Crippen LogP contribution in [0.4, 0.5) is 24.7 Å². The first-order valence-corrected chi connectivity index (χ1v) is 12.4. The molecule has 3 heterocycles. The van der Waals surface area contributed by atoms with Gasteiger partial charge in [0, 0.05) is 44.2 Å². The second-order valence-electron chi connectivity index (χ2n) is 10.5. The van der Waals surface area contributed by atoms with Gasteiger partial charge >= 0.3 is 6.18 Å². The molecular weight excluding hydrogens is 471 g/mol. The van der Waals surface area contributed by atoms with Crippen LogP contribution in [0.3, 0.4) is 0 Å². The number of rotatable bonds is 6. The lowest BCUT2D eigenvalue weighted by Gasteiger charge is -2.36. The molecule has 0 spiro atoms. The fourth-order valence-electron chi connectivity index (χ4n) is 4.44. The van der Waals surface area contributed by atoms with Crippen LogP contribution in [0.25, 0.3) is 0 Å². The molecule has 1 amide bonds. The smallest absolute Gasteiger partial charge is 0.433 e. The van der Waals surface area contributed by atoms with E-state index in [1.807, 2.05) is 55.7 Å². The number of carbonyl (C=O) groups is 1. The van der Waals surface area contributed by atoms with E-state index in [0.29, 0.717) is 25.5 Å². The molecule has 1 saturated heterocycles. The van der Waals surface area contributed by atoms with Gasteiger partial charge in [0.1, 0.15) is 23.1 Å². The Labute approximate surface area is 210 Å². The van der Waals surface area contributed by atoms with Gasteiger partial charge in [-0.2, -0.15) is 13.2 Å². The number of hydrogen-bond acceptors (Lipinski definition) is 6. The van der Waals surface area contributed by atoms with Gasteiger partial charge in [-0.05, 0) is 44.0 Å². The summed E-state index contributed by atoms with van der Waals surface area (Å²) in [5, 5.41) is 0. The molecule has 0 saturated carbocycles. The summed E-state index contributed by atoms with van der Waals surface area (Å²) < 4.78 is 45.9. The van der Waals surface area contributed by atoms with Crippen molar-refractivity contribution in [1.29, 1.82) is 0 Å². The Kier molecular flexibility index (Phi) is 7.45. The number of ether oxygens (including phenoxy) is 1. The Morgan fingerprint density at radius 2 is 1.67 bits per heavy atom. The molecule has 0 bridgehead atoms. The Bertz CT molecular complexity index is 1060. The first kappa shape index (κ1) is 26.2. The SMILES string of the molecule is Cc1ccc2c(c1)N(CCCCN1CCN(c3cc(C(F)(F)F)nc(C(C)(C)C)n3)CC1)C(=O)CO2. The van der Waals surface area contributed by atoms with Crippen molar-refractivity contribution in [3.8, 4) is 5.75 Å². The maximum absolute atomic E-state index is 13.5. The number of anilines is 2. The number of amides is 1. The largest absolute Gasteiger partial charge is 0.482 e. The van der Waals surface area contributed by atoms with Crippen molar-refractivity contribution in [3.05, 3.63) is 41.3 Å². The van der Waals surface area contributed by atoms with E-state index in [0.717, 1.165) is 55.5 Å². The second-order valence-corrected chi connectivity index (χ2v) is 10.5. The summed E-state index contributed by atoms with van der Waals surface area (Å²) >= 11 is 0. The van der Waals surface area contributed by atoms with Crippen LogP contribution in [-0.4, -0.2) is 66.7 Å². The number of alkyl halides is 3. The third-order valence-electron chi connectivity index (χ3n) is 6.53. The van der Waals surface area contributed by atoms with Crippen LogP contribution in [-0.2, 0) is 16.4 Å². The lowest BCUT2D eigenvalue weighted by molar-refractivity contribution is -0.141. The van der Waals surface area contributed by atoms with Gasteiger partial charge < -0.3 is 14.5 Å². The zero-order chi connectivity index (χ0) is 26.1. The van der Waals surface area contributed by atoms with Gasteiger partial charge in [-0.25, -0.2) is 9.97 Å². The van der Waals surface area contributed by atoms with Crippen LogP contribution in [0.15, 0.2) is 24.3 Å². The van der Waals surface area contributed by atoms with E-state index in [1.54, 1.807) is 0 Å². The van der Waals surface area contributed by atoms with Gasteiger partial charge in [0.25, 0.3) is 5.91 Å². The van der Waals surface area contributed by atoms with Crippen LogP contribution in [0.2, 0.25) is 0 Å². The van der Waals surface area contributed by atoms with E-state index in [2.05, 4.69) is 14.9 Å². The van der Waals surface area contributed by atoms with E-state index >= 15 is 0 Å². The molecule has 0 atom stereocenters. The molecule has 0 radical (unpaired) electrons. The van der Waals surface area contributed by atoms with Gasteiger partial charge in [-0.1, -0.05) is 26.8 Å². The highest BCUT2D eigenvalue weighted by molar-refractivity contribution is 5.97. The van der Waals surface area contributed by atoms with E-state index < -0.39 is 17.3 Å². The van der Waals surface area contributed by atoms with Crippen molar-refractivity contribution in [2.24, 2.45) is 0 Å². The fourth-order valence-corrected chi connectivity index (χ4v) is 4.44. The molecule has 2 aliphatic rings. The van der Waals surface area contributed by atoms with E-state index in [9.17, 15) is 18.0 Å². The predicted octanol–water partition coefficient (Wildman–Crippen LogP) is 4.43. The average Bonchev–Trinajstić information content (AvgIpc) is 2.82. The van der Waals surface area contributed by atoms with Gasteiger partial charge in [0.15, 0.2) is 6.61 Å². The van der Waals surface area contributed by atoms with Crippen molar-refractivity contribution >= 4 is 17.4 Å². The number of aromatic nitrogens is 2. The Morgan fingerprint density at radius 1 is 0.972 bits per heavy atom. The fraction of sp³-hybridized carbons (Fsp3) is 0.577. The number of hydrogen-bond donors (Lipinski definition) is 0. The topological polar surface area (TPSA) is 61.8 Å². The number of fused-ring (bicyclic) bond motifs is 1. The molecule has 1 aromatic heterocycles. The second kappa shape index (κ2) is 10.2. The van der Waals surface area contributed by atoms with Crippen molar-refractivity contribution in [3.63, 3.8) is 0 Å². The minimum absolute atomic E-state index is 0.0283. The summed E-state index contributed by atoms with van der Waals surface area (Å²) in [4.78, 5) is 26.7. The van der Waals surface area contributed by atoms with Gasteiger partial charge in [-0.3, -0.25) is 9.69 Å². The highest BCUT2D eigenvalue weighted by atomic mass is 19.4. The Balaban J connectivity index is 1.30. The molecule has 36 heavy (non-hydrogen) atoms. The third-order valence-corrected chi connectivity index (χ3v) is 6.53. The summed E-state index contributed by atoms with van der Waals surface area (Å²) in [7, 11) is 0. The van der Waals surface area contributed by atoms with Crippen molar-refractivity contribution in [2.75, 3.05) is 55.7 Å². The predicted molar refractivity (Wildman–Crippen MR) is 133 cm³/mol. The molecule has 1 fully saturated rings. The van der Waals surface area contributed by atoms with Crippen LogP contribution < -0.4 is 14.5 Å². The quantitative estimate of drug-likeness (QED) is 0.542. The Hall–Kier alpha value is -2.88. The minimum atomic E-state index is -4.51. The first-order valence-electron chi connectivity index (χ1n) is 12.4. The summed E-state index contributed by atoms with van der Waals surface area (Å²) in [6.07, 6.45) is -2.73. The molecule has 10 heteroatoms. The van der Waals surface area contributed by atoms with E-state index in [4.69, 9.17) is 4.74 Å². The zero-order valence-electron chi connectivity index (χ0n) is 21.4. The van der Waals surface area contributed by atoms with Crippen LogP contribution in [0, 0.1) is 6.92 Å². The van der Waals surface area contributed by atoms with Crippen LogP contribution >= 0.6 is 0 Å². The highest BCUT2D eigenvalue weighted by Crippen LogP contribution is 2.34. The maximum atomic E-state index is 13.5. The zero-order valence-corrected chi connectivity index (χ0v) is 21.4. The third kappa shape index (κ3) is 6.08. The summed E-state index contributed by atoms with van der Waals surface area (Å²) in [6, 6.07) is 6.92. The molecule has 0 unspecified atom stereocenters. The van der Waals surface area contributed by atoms with E-state index in [1.165, 1.54) is 0 Å². The normalized spacial score (nSPS) is 17.2. The molecular formula is C26H34F3N5O2. The van der Waals surface area contributed by atoms with Crippen molar-refractivity contribution in [1.82, 2.24) is 14.9 Å². The summed E-state index contributed by atoms with van der Waals surface area (Å²) in [6.45, 7) is 11.7. The summed E-state index contributed by atoms with van der Waals surface area (Å²) in [5.74, 6) is 1.25. The molecule has 0 aliphatic carbocycles. The number of unbranched alkanes of at least 4 members (excludes halogenated alkanes) is 1. The standard InChI is InChI=1S/C26H34F3N5O2/c1-18-7-8-20-19(15-18)34(23(35)17-36-20)10-6-5-9-32-11-13-33(14-12-32)22-16-21(26(27,28)29)30-24(31-22)25(2,3)4/h7-8,15-16H,5-6,9-14,17H2,1-4H3. The number of halogens is 3. The van der Waals surface area contributed by atoms with Gasteiger partial charge in [-0.15, -0.1) is 0 Å². The van der Waals surface area contributed by atoms with Gasteiger partial charge in [0.05, 0.1) is 5.69 Å². The number of nitrogens with zero attached hydrogens (tertiary/aromatic N) is 5. The van der Waals surface area contributed by atoms with Crippen molar-refractivity contribution in [2.45, 2.75) is 52.1 Å². The highest BCUT2D eigenvalue weighted by Gasteiger charge is 2.36. The molecule has 7 nitrogen and oxygen atoms in total. The lowest BCUT2D eigenvalue weighted by Crippen LogP contribution is -2.47. The van der Waals surface area contributed by atoms with E-state index in [-0.39, 0.29) is 18.3 Å². The van der Waals surface area contributed by atoms with Crippen LogP contribution in [0.1, 0.15) is 50.7 Å². The average molecular weight is 506 g/mol. The molecule has 2 aromatic rings. The minimum Gasteiger partial charge on any atom is -0.482 e. The Morgan fingerprint density at radius 3 is 2.33 bits per heavy atom. The number of carbonyl (C=O) groups excluding carboxylic acids is 1. The van der Waals surface area contributed by atoms with Gasteiger partial charge in [0.2, 0.25) is 0 Å². The lowest BCUT2D eigenvalue weighted by atomic mass is 9.95. The number of aryl methyl sites for hydroxylation is 1. The molecule has 0 N–H and O–H groups in total.